The molecule has 0 aliphatic rings. The maximum Gasteiger partial charge on any atom is 0.0730 e. The molecule has 4 heterocycles. The second-order valence-corrected chi connectivity index (χ2v) is 16.8. The second kappa shape index (κ2) is 12.9. The molecule has 2 nitrogen and oxygen atoms in total. The molecule has 12 aromatic rings. The standard InChI is InChI=1S/C53H32N2S2/c1-2-12-33(13-3-1)34-24-26-35(27-25-34)37-31-44(54-45(32-37)41-20-11-19-40-39-16-5-8-22-48(39)57-53(40)41)36-14-10-15-38(30-36)55-46-21-7-4-17-42(46)51-47(55)28-29-50-52(51)43-18-6-9-23-49(43)56-50/h1-32H. The average molecular weight is 761 g/mol. The number of pyridine rings is 1. The first-order chi connectivity index (χ1) is 28.2. The number of fused-ring (bicyclic) bond motifs is 10. The highest BCUT2D eigenvalue weighted by molar-refractivity contribution is 7.26. The van der Waals surface area contributed by atoms with Crippen LogP contribution in [0.3, 0.4) is 0 Å². The predicted octanol–water partition coefficient (Wildman–Crippen LogP) is 15.6. The molecule has 4 aromatic heterocycles. The van der Waals surface area contributed by atoms with E-state index in [0.717, 1.165) is 39.3 Å². The highest BCUT2D eigenvalue weighted by Gasteiger charge is 2.19. The van der Waals surface area contributed by atoms with Crippen LogP contribution in [0.15, 0.2) is 194 Å². The molecule has 0 spiro atoms. The molecule has 0 aliphatic heterocycles. The van der Waals surface area contributed by atoms with E-state index >= 15 is 0 Å². The van der Waals surface area contributed by atoms with Crippen LogP contribution in [0, 0.1) is 0 Å². The van der Waals surface area contributed by atoms with E-state index in [4.69, 9.17) is 4.98 Å². The van der Waals surface area contributed by atoms with Crippen LogP contribution < -0.4 is 0 Å². The molecule has 0 bridgehead atoms. The van der Waals surface area contributed by atoms with Gasteiger partial charge in [0.15, 0.2) is 0 Å². The zero-order valence-corrected chi connectivity index (χ0v) is 32.3. The molecule has 4 heteroatoms. The number of hydrogen-bond acceptors (Lipinski definition) is 3. The third-order valence-corrected chi connectivity index (χ3v) is 13.8. The minimum atomic E-state index is 0.946. The van der Waals surface area contributed by atoms with Crippen LogP contribution in [-0.4, -0.2) is 9.55 Å². The van der Waals surface area contributed by atoms with Gasteiger partial charge in [-0.1, -0.05) is 140 Å². The van der Waals surface area contributed by atoms with E-state index in [-0.39, 0.29) is 0 Å². The minimum absolute atomic E-state index is 0.946. The summed E-state index contributed by atoms with van der Waals surface area (Å²) >= 11 is 3.72. The van der Waals surface area contributed by atoms with Crippen molar-refractivity contribution < 1.29 is 0 Å². The minimum Gasteiger partial charge on any atom is -0.309 e. The van der Waals surface area contributed by atoms with Crippen LogP contribution in [0.4, 0.5) is 0 Å². The number of hydrogen-bond donors (Lipinski definition) is 0. The number of thiophene rings is 2. The Bertz CT molecular complexity index is 3510. The van der Waals surface area contributed by atoms with Crippen molar-refractivity contribution in [3.63, 3.8) is 0 Å². The quantitative estimate of drug-likeness (QED) is 0.171. The monoisotopic (exact) mass is 760 g/mol. The summed E-state index contributed by atoms with van der Waals surface area (Å²) in [5.74, 6) is 0. The van der Waals surface area contributed by atoms with E-state index in [1.54, 1.807) is 0 Å². The number of para-hydroxylation sites is 1. The van der Waals surface area contributed by atoms with Crippen molar-refractivity contribution in [2.45, 2.75) is 0 Å². The molecule has 266 valence electrons. The Morgan fingerprint density at radius 3 is 1.82 bits per heavy atom. The van der Waals surface area contributed by atoms with E-state index in [1.807, 2.05) is 22.7 Å². The molecule has 0 fully saturated rings. The van der Waals surface area contributed by atoms with Gasteiger partial charge in [-0.15, -0.1) is 22.7 Å². The van der Waals surface area contributed by atoms with Crippen molar-refractivity contribution in [3.05, 3.63) is 194 Å². The van der Waals surface area contributed by atoms with Crippen LogP contribution in [-0.2, 0) is 0 Å². The summed E-state index contributed by atoms with van der Waals surface area (Å²) in [6, 6.07) is 70.6. The topological polar surface area (TPSA) is 17.8 Å². The first-order valence-electron chi connectivity index (χ1n) is 19.3. The molecule has 0 aliphatic carbocycles. The fraction of sp³-hybridized carbons (Fsp3) is 0. The number of benzene rings is 8. The molecule has 0 amide bonds. The molecule has 0 atom stereocenters. The second-order valence-electron chi connectivity index (χ2n) is 14.7. The molecular formula is C53H32N2S2. The van der Waals surface area contributed by atoms with Crippen LogP contribution in [0.1, 0.15) is 0 Å². The lowest BCUT2D eigenvalue weighted by atomic mass is 9.97. The van der Waals surface area contributed by atoms with Gasteiger partial charge >= 0.3 is 0 Å². The molecule has 0 unspecified atom stereocenters. The Morgan fingerprint density at radius 2 is 0.982 bits per heavy atom. The summed E-state index contributed by atoms with van der Waals surface area (Å²) in [5.41, 5.74) is 12.4. The molecule has 0 saturated heterocycles. The zero-order chi connectivity index (χ0) is 37.5. The van der Waals surface area contributed by atoms with Gasteiger partial charge in [-0.25, -0.2) is 4.98 Å². The maximum atomic E-state index is 5.50. The summed E-state index contributed by atoms with van der Waals surface area (Å²) < 4.78 is 7.63. The number of aromatic nitrogens is 2. The van der Waals surface area contributed by atoms with Crippen LogP contribution in [0.2, 0.25) is 0 Å². The van der Waals surface area contributed by atoms with Crippen molar-refractivity contribution in [1.82, 2.24) is 9.55 Å². The lowest BCUT2D eigenvalue weighted by Crippen LogP contribution is -1.96. The molecule has 0 radical (unpaired) electrons. The molecular weight excluding hydrogens is 729 g/mol. The summed E-state index contributed by atoms with van der Waals surface area (Å²) in [4.78, 5) is 5.50. The van der Waals surface area contributed by atoms with Crippen molar-refractivity contribution in [3.8, 4) is 50.5 Å². The van der Waals surface area contributed by atoms with Gasteiger partial charge in [-0.3, -0.25) is 0 Å². The predicted molar refractivity (Wildman–Crippen MR) is 246 cm³/mol. The third-order valence-electron chi connectivity index (χ3n) is 11.4. The Hall–Kier alpha value is -6.85. The molecule has 0 saturated carbocycles. The molecule has 0 N–H and O–H groups in total. The zero-order valence-electron chi connectivity index (χ0n) is 30.7. The van der Waals surface area contributed by atoms with Gasteiger partial charge in [-0.2, -0.15) is 0 Å². The Kier molecular flexibility index (Phi) is 7.31. The SMILES string of the molecule is c1ccc(-c2ccc(-c3cc(-c4cccc(-n5c6ccccc6c6c7c(ccc65)sc5ccccc57)c4)nc(-c4cccc5c4sc4ccccc45)c3)cc2)cc1. The fourth-order valence-corrected chi connectivity index (χ4v) is 11.1. The lowest BCUT2D eigenvalue weighted by molar-refractivity contribution is 1.18. The summed E-state index contributed by atoms with van der Waals surface area (Å²) in [7, 11) is 0. The van der Waals surface area contributed by atoms with Gasteiger partial charge in [0.25, 0.3) is 0 Å². The van der Waals surface area contributed by atoms with Gasteiger partial charge in [0.1, 0.15) is 0 Å². The Morgan fingerprint density at radius 1 is 0.351 bits per heavy atom. The third kappa shape index (κ3) is 5.19. The Labute approximate surface area is 337 Å². The van der Waals surface area contributed by atoms with Crippen molar-refractivity contribution in [2.75, 3.05) is 0 Å². The molecule has 8 aromatic carbocycles. The van der Waals surface area contributed by atoms with Crippen LogP contribution in [0.25, 0.3) is 113 Å². The van der Waals surface area contributed by atoms with Crippen molar-refractivity contribution >= 4 is 84.8 Å². The van der Waals surface area contributed by atoms with Gasteiger partial charge in [0, 0.05) is 67.9 Å². The van der Waals surface area contributed by atoms with E-state index in [1.165, 1.54) is 73.3 Å². The summed E-state index contributed by atoms with van der Waals surface area (Å²) in [6.07, 6.45) is 0. The molecule has 12 rings (SSSR count). The van der Waals surface area contributed by atoms with Crippen molar-refractivity contribution in [1.29, 1.82) is 0 Å². The highest BCUT2D eigenvalue weighted by Crippen LogP contribution is 2.44. The Balaban J connectivity index is 1.06. The van der Waals surface area contributed by atoms with E-state index in [2.05, 4.69) is 199 Å². The summed E-state index contributed by atoms with van der Waals surface area (Å²) in [6.45, 7) is 0. The normalized spacial score (nSPS) is 11.9. The largest absolute Gasteiger partial charge is 0.309 e. The first kappa shape index (κ1) is 32.4. The van der Waals surface area contributed by atoms with Crippen LogP contribution in [0.5, 0.6) is 0 Å². The average Bonchev–Trinajstić information content (AvgIpc) is 3.96. The molecule has 57 heavy (non-hydrogen) atoms. The van der Waals surface area contributed by atoms with Crippen molar-refractivity contribution in [2.24, 2.45) is 0 Å². The highest BCUT2D eigenvalue weighted by atomic mass is 32.1. The van der Waals surface area contributed by atoms with E-state index in [9.17, 15) is 0 Å². The van der Waals surface area contributed by atoms with Gasteiger partial charge in [0.2, 0.25) is 0 Å². The summed E-state index contributed by atoms with van der Waals surface area (Å²) in [5, 5.41) is 7.80. The fourth-order valence-electron chi connectivity index (χ4n) is 8.77. The lowest BCUT2D eigenvalue weighted by Gasteiger charge is -2.13. The van der Waals surface area contributed by atoms with Crippen LogP contribution >= 0.6 is 22.7 Å². The maximum absolute atomic E-state index is 5.50. The van der Waals surface area contributed by atoms with Gasteiger partial charge in [-0.05, 0) is 76.9 Å². The van der Waals surface area contributed by atoms with Gasteiger partial charge in [0.05, 0.1) is 22.4 Å². The number of nitrogens with zero attached hydrogens (tertiary/aromatic N) is 2. The van der Waals surface area contributed by atoms with Gasteiger partial charge < -0.3 is 4.57 Å². The van der Waals surface area contributed by atoms with E-state index in [0.29, 0.717) is 0 Å². The first-order valence-corrected chi connectivity index (χ1v) is 20.9. The smallest absolute Gasteiger partial charge is 0.0730 e. The van der Waals surface area contributed by atoms with E-state index < -0.39 is 0 Å². The number of rotatable bonds is 5.